The third-order valence-electron chi connectivity index (χ3n) is 7.58. The van der Waals surface area contributed by atoms with Crippen LogP contribution in [0.2, 0.25) is 0 Å². The minimum Gasteiger partial charge on any atom is -0.396 e. The van der Waals surface area contributed by atoms with Gasteiger partial charge in [0.05, 0.1) is 12.2 Å². The standard InChI is InChI=1S/C24H40O4/c25-12-5-3-1-2-4-9-20-21(24(28)16-23(20)27)10-11-22(26)19-14-18(15-19)13-17-7-6-8-17/h10-11,17-22,24-26,28H,1-9,12-16H2/t18?,19?,20-,21-,22-,24-/m1/s1. The molecule has 3 fully saturated rings. The molecule has 28 heavy (non-hydrogen) atoms. The molecule has 0 aromatic heterocycles. The monoisotopic (exact) mass is 392 g/mol. The van der Waals surface area contributed by atoms with Gasteiger partial charge in [-0.25, -0.2) is 0 Å². The number of Topliss-reactive ketones (excluding diaryl/α,β-unsaturated/α-hetero) is 1. The largest absolute Gasteiger partial charge is 0.396 e. The number of ketones is 1. The zero-order valence-electron chi connectivity index (χ0n) is 17.3. The molecule has 4 heteroatoms. The van der Waals surface area contributed by atoms with Crippen molar-refractivity contribution in [2.24, 2.45) is 29.6 Å². The summed E-state index contributed by atoms with van der Waals surface area (Å²) in [5, 5.41) is 29.7. The van der Waals surface area contributed by atoms with E-state index in [1.54, 1.807) is 0 Å². The van der Waals surface area contributed by atoms with Crippen molar-refractivity contribution < 1.29 is 20.1 Å². The third kappa shape index (κ3) is 5.90. The van der Waals surface area contributed by atoms with Gasteiger partial charge < -0.3 is 15.3 Å². The van der Waals surface area contributed by atoms with Gasteiger partial charge in [-0.3, -0.25) is 4.79 Å². The number of rotatable bonds is 12. The number of hydrogen-bond acceptors (Lipinski definition) is 4. The lowest BCUT2D eigenvalue weighted by atomic mass is 9.66. The fraction of sp³-hybridized carbons (Fsp3) is 0.875. The van der Waals surface area contributed by atoms with Crippen molar-refractivity contribution in [1.82, 2.24) is 0 Å². The number of aliphatic hydroxyl groups excluding tert-OH is 3. The minimum absolute atomic E-state index is 0.0935. The Hall–Kier alpha value is -0.710. The first kappa shape index (κ1) is 22.0. The number of unbranched alkanes of at least 4 members (excludes halogenated alkanes) is 4. The lowest BCUT2D eigenvalue weighted by Gasteiger charge is -2.41. The molecule has 0 aromatic carbocycles. The van der Waals surface area contributed by atoms with E-state index in [4.69, 9.17) is 5.11 Å². The van der Waals surface area contributed by atoms with Crippen molar-refractivity contribution in [3.05, 3.63) is 12.2 Å². The van der Waals surface area contributed by atoms with E-state index < -0.39 is 12.2 Å². The third-order valence-corrected chi connectivity index (χ3v) is 7.58. The summed E-state index contributed by atoms with van der Waals surface area (Å²) < 4.78 is 0. The van der Waals surface area contributed by atoms with E-state index in [-0.39, 0.29) is 30.6 Å². The van der Waals surface area contributed by atoms with Gasteiger partial charge in [0, 0.05) is 24.9 Å². The number of carbonyl (C=O) groups excluding carboxylic acids is 1. The SMILES string of the molecule is O=C1C[C@@H](O)[C@H](C=C[C@@H](O)C2CC(CC3CCC3)C2)[C@H]1CCCCCCCO. The molecule has 0 aliphatic heterocycles. The highest BCUT2D eigenvalue weighted by atomic mass is 16.3. The Morgan fingerprint density at radius 3 is 2.43 bits per heavy atom. The molecule has 3 saturated carbocycles. The highest BCUT2D eigenvalue weighted by Gasteiger charge is 2.40. The van der Waals surface area contributed by atoms with Gasteiger partial charge in [0.25, 0.3) is 0 Å². The second kappa shape index (κ2) is 10.9. The first-order chi connectivity index (χ1) is 13.6. The molecular weight excluding hydrogens is 352 g/mol. The highest BCUT2D eigenvalue weighted by Crippen LogP contribution is 2.44. The van der Waals surface area contributed by atoms with E-state index in [0.29, 0.717) is 5.92 Å². The van der Waals surface area contributed by atoms with Crippen LogP contribution in [-0.2, 0) is 4.79 Å². The van der Waals surface area contributed by atoms with Crippen LogP contribution in [0.4, 0.5) is 0 Å². The lowest BCUT2D eigenvalue weighted by molar-refractivity contribution is -0.121. The summed E-state index contributed by atoms with van der Waals surface area (Å²) in [5.74, 6) is 2.06. The first-order valence-electron chi connectivity index (χ1n) is 11.8. The van der Waals surface area contributed by atoms with E-state index in [1.165, 1.54) is 25.7 Å². The van der Waals surface area contributed by atoms with Crippen molar-refractivity contribution in [1.29, 1.82) is 0 Å². The summed E-state index contributed by atoms with van der Waals surface area (Å²) in [6, 6.07) is 0. The fourth-order valence-electron chi connectivity index (χ4n) is 5.46. The van der Waals surface area contributed by atoms with Crippen LogP contribution in [0.1, 0.15) is 83.5 Å². The summed E-state index contributed by atoms with van der Waals surface area (Å²) in [7, 11) is 0. The molecule has 4 nitrogen and oxygen atoms in total. The average Bonchev–Trinajstić information content (AvgIpc) is 2.86. The maximum atomic E-state index is 12.3. The summed E-state index contributed by atoms with van der Waals surface area (Å²) in [5.41, 5.74) is 0. The maximum absolute atomic E-state index is 12.3. The number of carbonyl (C=O) groups is 1. The van der Waals surface area contributed by atoms with Gasteiger partial charge in [-0.1, -0.05) is 57.1 Å². The van der Waals surface area contributed by atoms with E-state index in [1.807, 2.05) is 12.2 Å². The van der Waals surface area contributed by atoms with E-state index in [2.05, 4.69) is 0 Å². The zero-order valence-corrected chi connectivity index (χ0v) is 17.3. The topological polar surface area (TPSA) is 77.8 Å². The minimum atomic E-state index is -0.594. The van der Waals surface area contributed by atoms with Crippen LogP contribution in [0, 0.1) is 29.6 Å². The van der Waals surface area contributed by atoms with Gasteiger partial charge in [-0.2, -0.15) is 0 Å². The molecule has 0 spiro atoms. The maximum Gasteiger partial charge on any atom is 0.139 e. The van der Waals surface area contributed by atoms with Crippen LogP contribution >= 0.6 is 0 Å². The Kier molecular flexibility index (Phi) is 8.55. The molecule has 3 aliphatic carbocycles. The van der Waals surface area contributed by atoms with Crippen LogP contribution in [0.15, 0.2) is 12.2 Å². The van der Waals surface area contributed by atoms with Crippen LogP contribution in [-0.4, -0.2) is 39.9 Å². The Morgan fingerprint density at radius 1 is 1.04 bits per heavy atom. The zero-order chi connectivity index (χ0) is 19.9. The molecule has 0 bridgehead atoms. The molecule has 3 N–H and O–H groups in total. The van der Waals surface area contributed by atoms with Crippen molar-refractivity contribution in [3.63, 3.8) is 0 Å². The summed E-state index contributed by atoms with van der Waals surface area (Å²) in [6.45, 7) is 0.255. The van der Waals surface area contributed by atoms with Crippen molar-refractivity contribution in [2.75, 3.05) is 6.61 Å². The second-order valence-electron chi connectivity index (χ2n) is 9.71. The van der Waals surface area contributed by atoms with E-state index in [0.717, 1.165) is 63.2 Å². The quantitative estimate of drug-likeness (QED) is 0.346. The smallest absolute Gasteiger partial charge is 0.139 e. The lowest BCUT2D eigenvalue weighted by Crippen LogP contribution is -2.34. The van der Waals surface area contributed by atoms with E-state index in [9.17, 15) is 15.0 Å². The number of aliphatic hydroxyl groups is 3. The molecule has 0 heterocycles. The second-order valence-corrected chi connectivity index (χ2v) is 9.71. The van der Waals surface area contributed by atoms with Crippen LogP contribution in [0.5, 0.6) is 0 Å². The molecule has 3 aliphatic rings. The van der Waals surface area contributed by atoms with Gasteiger partial charge >= 0.3 is 0 Å². The van der Waals surface area contributed by atoms with Gasteiger partial charge in [-0.05, 0) is 49.9 Å². The Balaban J connectivity index is 1.39. The van der Waals surface area contributed by atoms with Gasteiger partial charge in [0.15, 0.2) is 0 Å². The molecule has 0 aromatic rings. The van der Waals surface area contributed by atoms with Crippen molar-refractivity contribution >= 4 is 5.78 Å². The predicted molar refractivity (Wildman–Crippen MR) is 111 cm³/mol. The molecule has 4 atom stereocenters. The van der Waals surface area contributed by atoms with Gasteiger partial charge in [0.2, 0.25) is 0 Å². The van der Waals surface area contributed by atoms with E-state index >= 15 is 0 Å². The molecule has 0 amide bonds. The fourth-order valence-corrected chi connectivity index (χ4v) is 5.46. The predicted octanol–water partition coefficient (Wildman–Crippen LogP) is 4.02. The average molecular weight is 393 g/mol. The Bertz CT molecular complexity index is 507. The van der Waals surface area contributed by atoms with Gasteiger partial charge in [0.1, 0.15) is 5.78 Å². The van der Waals surface area contributed by atoms with Crippen molar-refractivity contribution in [3.8, 4) is 0 Å². The molecule has 160 valence electrons. The molecular formula is C24H40O4. The van der Waals surface area contributed by atoms with Crippen LogP contribution in [0.25, 0.3) is 0 Å². The van der Waals surface area contributed by atoms with Crippen molar-refractivity contribution in [2.45, 2.75) is 95.7 Å². The first-order valence-corrected chi connectivity index (χ1v) is 11.8. The molecule has 0 unspecified atom stereocenters. The van der Waals surface area contributed by atoms with Crippen LogP contribution in [0.3, 0.4) is 0 Å². The summed E-state index contributed by atoms with van der Waals surface area (Å²) in [4.78, 5) is 12.3. The summed E-state index contributed by atoms with van der Waals surface area (Å²) >= 11 is 0. The van der Waals surface area contributed by atoms with Crippen LogP contribution < -0.4 is 0 Å². The summed E-state index contributed by atoms with van der Waals surface area (Å²) in [6.07, 6.45) is 16.7. The molecule has 3 rings (SSSR count). The number of hydrogen-bond donors (Lipinski definition) is 3. The molecule has 0 radical (unpaired) electrons. The molecule has 0 saturated heterocycles. The highest BCUT2D eigenvalue weighted by molar-refractivity contribution is 5.84. The Labute approximate surface area is 170 Å². The van der Waals surface area contributed by atoms with Gasteiger partial charge in [-0.15, -0.1) is 0 Å². The normalized spacial score (nSPS) is 34.5. The Morgan fingerprint density at radius 2 is 1.75 bits per heavy atom.